The van der Waals surface area contributed by atoms with E-state index in [1.54, 1.807) is 21.3 Å². The lowest BCUT2D eigenvalue weighted by molar-refractivity contribution is 0.239. The number of hydrogen-bond donors (Lipinski definition) is 1. The molecule has 0 bridgehead atoms. The lowest BCUT2D eigenvalue weighted by Gasteiger charge is -2.28. The third-order valence-corrected chi connectivity index (χ3v) is 5.61. The maximum atomic E-state index is 12.7. The molecule has 0 saturated heterocycles. The molecule has 2 aromatic carbocycles. The van der Waals surface area contributed by atoms with Crippen LogP contribution in [0.15, 0.2) is 41.2 Å². The summed E-state index contributed by atoms with van der Waals surface area (Å²) in [5.41, 5.74) is 4.68. The van der Waals surface area contributed by atoms with Gasteiger partial charge < -0.3 is 19.2 Å². The van der Waals surface area contributed by atoms with Gasteiger partial charge in [-0.3, -0.25) is 9.69 Å². The van der Waals surface area contributed by atoms with Crippen molar-refractivity contribution in [2.75, 3.05) is 27.9 Å². The van der Waals surface area contributed by atoms with E-state index in [0.717, 1.165) is 28.9 Å². The van der Waals surface area contributed by atoms with Crippen molar-refractivity contribution in [3.63, 3.8) is 0 Å². The number of nitrogens with one attached hydrogen (secondary N) is 1. The van der Waals surface area contributed by atoms with Crippen molar-refractivity contribution < 1.29 is 14.2 Å². The molecule has 0 saturated carbocycles. The van der Waals surface area contributed by atoms with Crippen molar-refractivity contribution in [2.45, 2.75) is 26.4 Å². The molecule has 1 N–H and O–H groups in total. The van der Waals surface area contributed by atoms with Gasteiger partial charge in [-0.15, -0.1) is 0 Å². The van der Waals surface area contributed by atoms with Crippen LogP contribution < -0.4 is 19.8 Å². The molecule has 4 rings (SSSR count). The minimum absolute atomic E-state index is 0.0481. The molecule has 0 atom stereocenters. The van der Waals surface area contributed by atoms with E-state index < -0.39 is 0 Å². The topological polar surface area (TPSA) is 76.7 Å². The largest absolute Gasteiger partial charge is 0.493 e. The van der Waals surface area contributed by atoms with E-state index in [1.807, 2.05) is 43.3 Å². The SMILES string of the molecule is COc1cc(CN2CCc3c(nc(-c4ccc(C)cc4)[nH]c3=O)C2)cc(OC)c1OC. The molecule has 3 aromatic rings. The number of methoxy groups -OCH3 is 3. The molecule has 0 unspecified atom stereocenters. The first kappa shape index (κ1) is 20.9. The summed E-state index contributed by atoms with van der Waals surface area (Å²) < 4.78 is 16.4. The summed E-state index contributed by atoms with van der Waals surface area (Å²) in [4.78, 5) is 22.7. The molecule has 0 fully saturated rings. The molecule has 7 heteroatoms. The highest BCUT2D eigenvalue weighted by atomic mass is 16.5. The minimum Gasteiger partial charge on any atom is -0.493 e. The van der Waals surface area contributed by atoms with Gasteiger partial charge in [0, 0.05) is 30.8 Å². The molecule has 0 spiro atoms. The van der Waals surface area contributed by atoms with Crippen LogP contribution in [0.4, 0.5) is 0 Å². The normalized spacial score (nSPS) is 13.5. The maximum absolute atomic E-state index is 12.7. The molecular weight excluding hydrogens is 394 g/mol. The summed E-state index contributed by atoms with van der Waals surface area (Å²) in [5, 5.41) is 0. The van der Waals surface area contributed by atoms with E-state index >= 15 is 0 Å². The van der Waals surface area contributed by atoms with E-state index in [0.29, 0.717) is 42.6 Å². The van der Waals surface area contributed by atoms with Gasteiger partial charge in [0.05, 0.1) is 27.0 Å². The van der Waals surface area contributed by atoms with Crippen LogP contribution in [0.1, 0.15) is 22.4 Å². The Morgan fingerprint density at radius 1 is 1.03 bits per heavy atom. The fraction of sp³-hybridized carbons (Fsp3) is 0.333. The zero-order valence-corrected chi connectivity index (χ0v) is 18.3. The van der Waals surface area contributed by atoms with Gasteiger partial charge in [0.15, 0.2) is 11.5 Å². The van der Waals surface area contributed by atoms with Gasteiger partial charge in [0.1, 0.15) is 5.82 Å². The minimum atomic E-state index is -0.0481. The van der Waals surface area contributed by atoms with Crippen LogP contribution in [0, 0.1) is 6.92 Å². The third kappa shape index (κ3) is 4.27. The first-order valence-corrected chi connectivity index (χ1v) is 10.2. The molecule has 1 aliphatic rings. The summed E-state index contributed by atoms with van der Waals surface area (Å²) in [6, 6.07) is 11.9. The predicted octanol–water partition coefficient (Wildman–Crippen LogP) is 3.33. The Morgan fingerprint density at radius 3 is 2.32 bits per heavy atom. The lowest BCUT2D eigenvalue weighted by atomic mass is 10.0. The average molecular weight is 421 g/mol. The molecule has 1 aliphatic heterocycles. The van der Waals surface area contributed by atoms with Crippen molar-refractivity contribution in [3.8, 4) is 28.6 Å². The number of aryl methyl sites for hydroxylation is 1. The molecular formula is C24H27N3O4. The monoisotopic (exact) mass is 421 g/mol. The second-order valence-corrected chi connectivity index (χ2v) is 7.70. The standard InChI is InChI=1S/C24H27N3O4/c1-15-5-7-17(8-6-15)23-25-19-14-27(10-9-18(19)24(28)26-23)13-16-11-20(29-2)22(31-4)21(12-16)30-3/h5-8,11-12H,9-10,13-14H2,1-4H3,(H,25,26,28). The van der Waals surface area contributed by atoms with Gasteiger partial charge in [0.2, 0.25) is 5.75 Å². The highest BCUT2D eigenvalue weighted by Crippen LogP contribution is 2.38. The first-order valence-electron chi connectivity index (χ1n) is 10.2. The van der Waals surface area contributed by atoms with Crippen LogP contribution in [0.25, 0.3) is 11.4 Å². The summed E-state index contributed by atoms with van der Waals surface area (Å²) in [6.07, 6.45) is 0.663. The fourth-order valence-corrected chi connectivity index (χ4v) is 3.96. The van der Waals surface area contributed by atoms with Crippen molar-refractivity contribution in [1.29, 1.82) is 0 Å². The van der Waals surface area contributed by atoms with Crippen molar-refractivity contribution in [3.05, 3.63) is 69.1 Å². The molecule has 7 nitrogen and oxygen atoms in total. The summed E-state index contributed by atoms with van der Waals surface area (Å²) in [6.45, 7) is 4.10. The van der Waals surface area contributed by atoms with Crippen LogP contribution >= 0.6 is 0 Å². The Labute approximate surface area is 181 Å². The number of ether oxygens (including phenoxy) is 3. The van der Waals surface area contributed by atoms with Crippen LogP contribution in [-0.2, 0) is 19.5 Å². The highest BCUT2D eigenvalue weighted by Gasteiger charge is 2.22. The lowest BCUT2D eigenvalue weighted by Crippen LogP contribution is -2.35. The summed E-state index contributed by atoms with van der Waals surface area (Å²) in [7, 11) is 4.82. The number of H-pyrrole nitrogens is 1. The van der Waals surface area contributed by atoms with E-state index in [9.17, 15) is 4.79 Å². The Hall–Kier alpha value is -3.32. The van der Waals surface area contributed by atoms with E-state index in [2.05, 4.69) is 9.88 Å². The fourth-order valence-electron chi connectivity index (χ4n) is 3.96. The Bertz CT molecular complexity index is 1110. The van der Waals surface area contributed by atoms with Crippen molar-refractivity contribution >= 4 is 0 Å². The summed E-state index contributed by atoms with van der Waals surface area (Å²) >= 11 is 0. The van der Waals surface area contributed by atoms with Gasteiger partial charge in [-0.05, 0) is 31.0 Å². The van der Waals surface area contributed by atoms with Crippen LogP contribution in [0.2, 0.25) is 0 Å². The van der Waals surface area contributed by atoms with Crippen LogP contribution in [0.3, 0.4) is 0 Å². The average Bonchev–Trinajstić information content (AvgIpc) is 2.78. The second-order valence-electron chi connectivity index (χ2n) is 7.70. The van der Waals surface area contributed by atoms with Gasteiger partial charge in [-0.1, -0.05) is 29.8 Å². The number of hydrogen-bond acceptors (Lipinski definition) is 6. The Morgan fingerprint density at radius 2 is 1.71 bits per heavy atom. The molecule has 0 radical (unpaired) electrons. The Balaban J connectivity index is 1.60. The number of rotatable bonds is 6. The van der Waals surface area contributed by atoms with E-state index in [4.69, 9.17) is 19.2 Å². The first-order chi connectivity index (χ1) is 15.0. The van der Waals surface area contributed by atoms with Crippen molar-refractivity contribution in [1.82, 2.24) is 14.9 Å². The molecule has 31 heavy (non-hydrogen) atoms. The molecule has 162 valence electrons. The number of nitrogens with zero attached hydrogens (tertiary/aromatic N) is 2. The smallest absolute Gasteiger partial charge is 0.254 e. The maximum Gasteiger partial charge on any atom is 0.254 e. The number of aromatic nitrogens is 2. The second kappa shape index (κ2) is 8.81. The van der Waals surface area contributed by atoms with E-state index in [1.165, 1.54) is 5.56 Å². The van der Waals surface area contributed by atoms with E-state index in [-0.39, 0.29) is 5.56 Å². The predicted molar refractivity (Wildman–Crippen MR) is 119 cm³/mol. The van der Waals surface area contributed by atoms with Gasteiger partial charge >= 0.3 is 0 Å². The molecule has 1 aromatic heterocycles. The number of benzene rings is 2. The van der Waals surface area contributed by atoms with Gasteiger partial charge in [0.25, 0.3) is 5.56 Å². The van der Waals surface area contributed by atoms with Crippen molar-refractivity contribution in [2.24, 2.45) is 0 Å². The molecule has 2 heterocycles. The highest BCUT2D eigenvalue weighted by molar-refractivity contribution is 5.56. The Kier molecular flexibility index (Phi) is 5.95. The zero-order chi connectivity index (χ0) is 22.0. The van der Waals surface area contributed by atoms with Gasteiger partial charge in [-0.2, -0.15) is 0 Å². The van der Waals surface area contributed by atoms with Gasteiger partial charge in [-0.25, -0.2) is 4.98 Å². The molecule has 0 aliphatic carbocycles. The third-order valence-electron chi connectivity index (χ3n) is 5.61. The number of fused-ring (bicyclic) bond motifs is 1. The number of aromatic amines is 1. The quantitative estimate of drug-likeness (QED) is 0.658. The molecule has 0 amide bonds. The van der Waals surface area contributed by atoms with Crippen LogP contribution in [0.5, 0.6) is 17.2 Å². The zero-order valence-electron chi connectivity index (χ0n) is 18.3. The summed E-state index contributed by atoms with van der Waals surface area (Å²) in [5.74, 6) is 2.45. The van der Waals surface area contributed by atoms with Crippen LogP contribution in [-0.4, -0.2) is 42.7 Å².